The Balaban J connectivity index is 2.79. The standard InChI is InChI=1S/C14H21F4N3O2S/c1-8-6-10(9(2)21-24(22)13(3,4)5)19-20-11(8)23-7-14(17,18)12(15)16/h6,9,12,21H,7H2,1-5H3/t9?,24-/m1/s1. The Morgan fingerprint density at radius 3 is 2.33 bits per heavy atom. The first-order valence-electron chi connectivity index (χ1n) is 7.15. The zero-order valence-corrected chi connectivity index (χ0v) is 14.9. The highest BCUT2D eigenvalue weighted by Crippen LogP contribution is 2.25. The molecule has 1 heterocycles. The lowest BCUT2D eigenvalue weighted by atomic mass is 10.2. The Hall–Kier alpha value is -1.29. The molecule has 2 atom stereocenters. The van der Waals surface area contributed by atoms with Gasteiger partial charge >= 0.3 is 12.3 Å². The van der Waals surface area contributed by atoms with Crippen LogP contribution in [0, 0.1) is 6.92 Å². The fourth-order valence-corrected chi connectivity index (χ4v) is 2.27. The van der Waals surface area contributed by atoms with Gasteiger partial charge < -0.3 is 4.74 Å². The van der Waals surface area contributed by atoms with E-state index in [0.29, 0.717) is 11.3 Å². The van der Waals surface area contributed by atoms with Gasteiger partial charge in [0.05, 0.1) is 27.5 Å². The first-order chi connectivity index (χ1) is 10.8. The monoisotopic (exact) mass is 371 g/mol. The van der Waals surface area contributed by atoms with Crippen molar-refractivity contribution in [1.29, 1.82) is 0 Å². The Labute approximate surface area is 140 Å². The minimum absolute atomic E-state index is 0.247. The summed E-state index contributed by atoms with van der Waals surface area (Å²) in [5.41, 5.74) is 0.790. The van der Waals surface area contributed by atoms with E-state index in [2.05, 4.69) is 19.7 Å². The average molecular weight is 371 g/mol. The summed E-state index contributed by atoms with van der Waals surface area (Å²) in [6, 6.07) is 1.10. The Morgan fingerprint density at radius 1 is 1.29 bits per heavy atom. The van der Waals surface area contributed by atoms with Crippen LogP contribution in [0.1, 0.15) is 45.0 Å². The lowest BCUT2D eigenvalue weighted by Crippen LogP contribution is -2.35. The van der Waals surface area contributed by atoms with E-state index in [4.69, 9.17) is 0 Å². The van der Waals surface area contributed by atoms with Crippen LogP contribution in [0.4, 0.5) is 17.6 Å². The second-order valence-corrected chi connectivity index (χ2v) is 8.33. The summed E-state index contributed by atoms with van der Waals surface area (Å²) in [4.78, 5) is 0. The second-order valence-electron chi connectivity index (χ2n) is 6.33. The maximum absolute atomic E-state index is 12.9. The second kappa shape index (κ2) is 7.73. The van der Waals surface area contributed by atoms with Gasteiger partial charge in [-0.3, -0.25) is 0 Å². The maximum atomic E-state index is 12.9. The quantitative estimate of drug-likeness (QED) is 0.748. The molecule has 0 spiro atoms. The number of aryl methyl sites for hydroxylation is 1. The zero-order valence-electron chi connectivity index (χ0n) is 14.1. The van der Waals surface area contributed by atoms with Crippen molar-refractivity contribution in [2.24, 2.45) is 0 Å². The minimum Gasteiger partial charge on any atom is -0.470 e. The molecule has 1 unspecified atom stereocenters. The maximum Gasteiger partial charge on any atom is 0.340 e. The lowest BCUT2D eigenvalue weighted by molar-refractivity contribution is -0.148. The molecule has 0 aliphatic heterocycles. The molecule has 1 N–H and O–H groups in total. The van der Waals surface area contributed by atoms with Crippen LogP contribution in [0.5, 0.6) is 5.88 Å². The van der Waals surface area contributed by atoms with Gasteiger partial charge in [0, 0.05) is 5.56 Å². The highest BCUT2D eigenvalue weighted by atomic mass is 32.2. The highest BCUT2D eigenvalue weighted by molar-refractivity contribution is 7.84. The van der Waals surface area contributed by atoms with Gasteiger partial charge in [-0.25, -0.2) is 17.7 Å². The number of nitrogens with zero attached hydrogens (tertiary/aromatic N) is 2. The smallest absolute Gasteiger partial charge is 0.340 e. The third kappa shape index (κ3) is 5.66. The van der Waals surface area contributed by atoms with Crippen molar-refractivity contribution >= 4 is 11.0 Å². The van der Waals surface area contributed by atoms with Crippen LogP contribution in [-0.2, 0) is 11.0 Å². The first-order valence-corrected chi connectivity index (χ1v) is 8.30. The summed E-state index contributed by atoms with van der Waals surface area (Å²) in [6.45, 7) is 7.18. The highest BCUT2D eigenvalue weighted by Gasteiger charge is 2.42. The van der Waals surface area contributed by atoms with Crippen molar-refractivity contribution in [3.8, 4) is 5.88 Å². The number of hydrogen-bond acceptors (Lipinski definition) is 4. The molecular formula is C14H21F4N3O2S. The molecule has 24 heavy (non-hydrogen) atoms. The Kier molecular flexibility index (Phi) is 6.68. The lowest BCUT2D eigenvalue weighted by Gasteiger charge is -2.22. The van der Waals surface area contributed by atoms with E-state index in [-0.39, 0.29) is 5.88 Å². The fourth-order valence-electron chi connectivity index (χ4n) is 1.47. The summed E-state index contributed by atoms with van der Waals surface area (Å²) in [5.74, 6) is -4.51. The van der Waals surface area contributed by atoms with E-state index in [1.54, 1.807) is 27.7 Å². The summed E-state index contributed by atoms with van der Waals surface area (Å²) in [5, 5.41) is 7.46. The van der Waals surface area contributed by atoms with Gasteiger partial charge in [0.15, 0.2) is 6.61 Å². The van der Waals surface area contributed by atoms with Crippen LogP contribution >= 0.6 is 0 Å². The molecule has 0 saturated heterocycles. The van der Waals surface area contributed by atoms with Crippen LogP contribution in [0.2, 0.25) is 0 Å². The molecule has 0 amide bonds. The van der Waals surface area contributed by atoms with Gasteiger partial charge in [0.25, 0.3) is 0 Å². The molecule has 0 aliphatic rings. The number of nitrogens with one attached hydrogen (secondary N) is 1. The van der Waals surface area contributed by atoms with E-state index in [1.165, 1.54) is 13.0 Å². The Morgan fingerprint density at radius 2 is 1.88 bits per heavy atom. The van der Waals surface area contributed by atoms with Crippen molar-refractivity contribution in [2.45, 2.75) is 57.8 Å². The van der Waals surface area contributed by atoms with Gasteiger partial charge in [-0.1, -0.05) is 0 Å². The molecule has 1 aromatic rings. The van der Waals surface area contributed by atoms with Crippen LogP contribution < -0.4 is 9.46 Å². The number of ether oxygens (including phenoxy) is 1. The molecule has 0 aromatic carbocycles. The summed E-state index contributed by atoms with van der Waals surface area (Å²) >= 11 is 0. The molecule has 5 nitrogen and oxygen atoms in total. The van der Waals surface area contributed by atoms with Gasteiger partial charge in [-0.2, -0.15) is 13.9 Å². The first kappa shape index (κ1) is 20.8. The largest absolute Gasteiger partial charge is 0.470 e. The molecule has 10 heteroatoms. The molecule has 0 saturated carbocycles. The van der Waals surface area contributed by atoms with E-state index in [0.717, 1.165) is 0 Å². The summed E-state index contributed by atoms with van der Waals surface area (Å²) in [7, 11) is -1.33. The van der Waals surface area contributed by atoms with Gasteiger partial charge in [-0.05, 0) is 40.7 Å². The number of alkyl halides is 4. The molecule has 1 aromatic heterocycles. The number of aromatic nitrogens is 2. The predicted molar refractivity (Wildman–Crippen MR) is 82.7 cm³/mol. The van der Waals surface area contributed by atoms with E-state index >= 15 is 0 Å². The van der Waals surface area contributed by atoms with Crippen molar-refractivity contribution in [3.63, 3.8) is 0 Å². The van der Waals surface area contributed by atoms with Crippen molar-refractivity contribution in [2.75, 3.05) is 6.61 Å². The Bertz CT molecular complexity index is 594. The predicted octanol–water partition coefficient (Wildman–Crippen LogP) is 3.18. The van der Waals surface area contributed by atoms with Gasteiger partial charge in [-0.15, -0.1) is 5.10 Å². The van der Waals surface area contributed by atoms with E-state index in [9.17, 15) is 21.8 Å². The van der Waals surface area contributed by atoms with Gasteiger partial charge in [0.2, 0.25) is 5.88 Å². The van der Waals surface area contributed by atoms with E-state index < -0.39 is 40.7 Å². The summed E-state index contributed by atoms with van der Waals surface area (Å²) in [6.07, 6.45) is -3.82. The molecule has 138 valence electrons. The number of rotatable bonds is 7. The van der Waals surface area contributed by atoms with Crippen LogP contribution in [0.25, 0.3) is 0 Å². The van der Waals surface area contributed by atoms with E-state index in [1.807, 2.05) is 0 Å². The van der Waals surface area contributed by atoms with Crippen molar-refractivity contribution in [1.82, 2.24) is 14.9 Å². The molecule has 0 fully saturated rings. The van der Waals surface area contributed by atoms with Crippen molar-refractivity contribution < 1.29 is 26.5 Å². The molecule has 1 rings (SSSR count). The molecule has 0 bridgehead atoms. The van der Waals surface area contributed by atoms with Crippen LogP contribution in [0.3, 0.4) is 0 Å². The molecular weight excluding hydrogens is 350 g/mol. The van der Waals surface area contributed by atoms with Crippen LogP contribution in [0.15, 0.2) is 6.07 Å². The summed E-state index contributed by atoms with van der Waals surface area (Å²) < 4.78 is 69.0. The number of hydrogen-bond donors (Lipinski definition) is 1. The fraction of sp³-hybridized carbons (Fsp3) is 0.714. The zero-order chi connectivity index (χ0) is 18.7. The minimum atomic E-state index is -4.26. The molecule has 0 aliphatic carbocycles. The number of halogens is 4. The molecule has 0 radical (unpaired) electrons. The average Bonchev–Trinajstić information content (AvgIpc) is 2.44. The van der Waals surface area contributed by atoms with Gasteiger partial charge in [0.1, 0.15) is 0 Å². The SMILES string of the molecule is Cc1cc(C(C)N[S@](=O)C(C)(C)C)nnc1OCC(F)(F)C(F)F. The normalized spacial score (nSPS) is 15.4. The topological polar surface area (TPSA) is 64.1 Å². The van der Waals surface area contributed by atoms with Crippen molar-refractivity contribution in [3.05, 3.63) is 17.3 Å². The third-order valence-corrected chi connectivity index (χ3v) is 4.64. The van der Waals surface area contributed by atoms with Crippen LogP contribution in [-0.4, -0.2) is 38.1 Å². The third-order valence-electron chi connectivity index (χ3n) is 2.96.